The Morgan fingerprint density at radius 1 is 1.25 bits per heavy atom. The highest BCUT2D eigenvalue weighted by molar-refractivity contribution is 5.79. The van der Waals surface area contributed by atoms with Crippen molar-refractivity contribution in [2.45, 2.75) is 52.2 Å². The number of likely N-dealkylation sites (N-methyl/N-ethyl adjacent to an activating group) is 1. The van der Waals surface area contributed by atoms with Crippen molar-refractivity contribution in [3.8, 4) is 0 Å². The van der Waals surface area contributed by atoms with E-state index in [2.05, 4.69) is 4.74 Å². The normalized spacial score (nSPS) is 15.1. The molecule has 0 saturated carbocycles. The van der Waals surface area contributed by atoms with Crippen molar-refractivity contribution in [3.63, 3.8) is 0 Å². The minimum Gasteiger partial charge on any atom is -0.468 e. The highest BCUT2D eigenvalue weighted by Crippen LogP contribution is 2.20. The predicted octanol–water partition coefficient (Wildman–Crippen LogP) is 0.961. The fraction of sp³-hybridized carbons (Fsp3) is 0.909. The van der Waals surface area contributed by atoms with Crippen molar-refractivity contribution < 1.29 is 19.4 Å². The number of rotatable bonds is 4. The lowest BCUT2D eigenvalue weighted by molar-refractivity contribution is -0.253. The second-order valence-corrected chi connectivity index (χ2v) is 5.22. The van der Waals surface area contributed by atoms with E-state index in [0.29, 0.717) is 0 Å². The van der Waals surface area contributed by atoms with E-state index in [0.717, 1.165) is 0 Å². The molecule has 96 valence electrons. The maximum absolute atomic E-state index is 11.5. The molecule has 0 heterocycles. The van der Waals surface area contributed by atoms with Crippen LogP contribution in [0.1, 0.15) is 34.6 Å². The summed E-state index contributed by atoms with van der Waals surface area (Å²) in [6.45, 7) is 8.81. The summed E-state index contributed by atoms with van der Waals surface area (Å²) < 4.78 is 10.0. The number of methoxy groups -OCH3 is 1. The Morgan fingerprint density at radius 3 is 2.00 bits per heavy atom. The fourth-order valence-corrected chi connectivity index (χ4v) is 1.07. The molecule has 0 aliphatic carbocycles. The highest BCUT2D eigenvalue weighted by Gasteiger charge is 2.38. The predicted molar refractivity (Wildman–Crippen MR) is 60.7 cm³/mol. The number of ether oxygens (including phenoxy) is 2. The zero-order valence-corrected chi connectivity index (χ0v) is 11.2. The first-order chi connectivity index (χ1) is 7.02. The number of hydrogen-bond acceptors (Lipinski definition) is 5. The van der Waals surface area contributed by atoms with Crippen LogP contribution in [-0.4, -0.2) is 47.7 Å². The minimum atomic E-state index is -1.16. The van der Waals surface area contributed by atoms with Gasteiger partial charge in [-0.3, -0.25) is 4.79 Å². The summed E-state index contributed by atoms with van der Waals surface area (Å²) in [7, 11) is 2.92. The second kappa shape index (κ2) is 5.12. The molecule has 0 spiro atoms. The van der Waals surface area contributed by atoms with Crippen molar-refractivity contribution in [2.75, 3.05) is 14.2 Å². The van der Waals surface area contributed by atoms with Gasteiger partial charge in [0.1, 0.15) is 5.54 Å². The van der Waals surface area contributed by atoms with E-state index in [4.69, 9.17) is 4.74 Å². The third-order valence-electron chi connectivity index (χ3n) is 2.36. The van der Waals surface area contributed by atoms with Gasteiger partial charge >= 0.3 is 5.97 Å². The van der Waals surface area contributed by atoms with Crippen molar-refractivity contribution in [1.82, 2.24) is 4.90 Å². The number of carbonyl (C=O) groups is 1. The van der Waals surface area contributed by atoms with E-state index in [-0.39, 0.29) is 0 Å². The van der Waals surface area contributed by atoms with E-state index in [1.807, 2.05) is 20.8 Å². The summed E-state index contributed by atoms with van der Waals surface area (Å²) in [5, 5.41) is 9.83. The lowest BCUT2D eigenvalue weighted by Gasteiger charge is -2.38. The molecule has 0 aromatic carbocycles. The van der Waals surface area contributed by atoms with E-state index < -0.39 is 23.5 Å². The second-order valence-electron chi connectivity index (χ2n) is 5.22. The van der Waals surface area contributed by atoms with E-state index in [9.17, 15) is 9.90 Å². The third kappa shape index (κ3) is 4.08. The van der Waals surface area contributed by atoms with Crippen LogP contribution in [0.3, 0.4) is 0 Å². The average molecular weight is 233 g/mol. The van der Waals surface area contributed by atoms with Crippen molar-refractivity contribution in [3.05, 3.63) is 0 Å². The maximum Gasteiger partial charge on any atom is 0.325 e. The van der Waals surface area contributed by atoms with Gasteiger partial charge in [0.25, 0.3) is 0 Å². The first-order valence-corrected chi connectivity index (χ1v) is 5.19. The Kier molecular flexibility index (Phi) is 4.91. The van der Waals surface area contributed by atoms with Crippen LogP contribution in [0.25, 0.3) is 0 Å². The summed E-state index contributed by atoms with van der Waals surface area (Å²) in [4.78, 5) is 12.9. The maximum atomic E-state index is 11.5. The van der Waals surface area contributed by atoms with Gasteiger partial charge in [-0.2, -0.15) is 0 Å². The fourth-order valence-electron chi connectivity index (χ4n) is 1.07. The molecule has 0 aromatic rings. The molecule has 0 bridgehead atoms. The SMILES string of the molecule is COC(=O)C(C)(C)N(C)C(O)OC(C)(C)C. The van der Waals surface area contributed by atoms with Gasteiger partial charge in [-0.05, 0) is 41.7 Å². The standard InChI is InChI=1S/C11H23NO4/c1-10(2,3)16-9(14)12(6)11(4,5)8(13)15-7/h9,14H,1-7H3. The molecular formula is C11H23NO4. The first kappa shape index (κ1) is 15.3. The number of nitrogens with zero attached hydrogens (tertiary/aromatic N) is 1. The van der Waals surface area contributed by atoms with Gasteiger partial charge in [0.2, 0.25) is 6.41 Å². The number of esters is 1. The number of hydrogen-bond donors (Lipinski definition) is 1. The molecule has 5 nitrogen and oxygen atoms in total. The molecule has 0 fully saturated rings. The van der Waals surface area contributed by atoms with Crippen LogP contribution in [0.15, 0.2) is 0 Å². The molecule has 0 aliphatic heterocycles. The molecule has 0 radical (unpaired) electrons. The smallest absolute Gasteiger partial charge is 0.325 e. The molecule has 0 aromatic heterocycles. The Hall–Kier alpha value is -0.650. The molecular weight excluding hydrogens is 210 g/mol. The lowest BCUT2D eigenvalue weighted by Crippen LogP contribution is -2.55. The molecule has 1 atom stereocenters. The van der Waals surface area contributed by atoms with Crippen molar-refractivity contribution >= 4 is 5.97 Å². The number of carbonyl (C=O) groups excluding carboxylic acids is 1. The third-order valence-corrected chi connectivity index (χ3v) is 2.36. The van der Waals surface area contributed by atoms with Crippen LogP contribution in [0.4, 0.5) is 0 Å². The summed E-state index contributed by atoms with van der Waals surface area (Å²) in [5.74, 6) is -0.424. The van der Waals surface area contributed by atoms with Crippen LogP contribution < -0.4 is 0 Å². The quantitative estimate of drug-likeness (QED) is 0.579. The zero-order valence-electron chi connectivity index (χ0n) is 11.2. The molecule has 1 unspecified atom stereocenters. The van der Waals surface area contributed by atoms with E-state index in [1.165, 1.54) is 12.0 Å². The molecule has 5 heteroatoms. The van der Waals surface area contributed by atoms with Crippen molar-refractivity contribution in [1.29, 1.82) is 0 Å². The summed E-state index contributed by atoms with van der Waals surface area (Å²) >= 11 is 0. The van der Waals surface area contributed by atoms with Crippen LogP contribution in [0, 0.1) is 0 Å². The summed E-state index contributed by atoms with van der Waals surface area (Å²) in [6, 6.07) is 0. The van der Waals surface area contributed by atoms with Gasteiger partial charge in [-0.15, -0.1) is 0 Å². The van der Waals surface area contributed by atoms with Gasteiger partial charge in [-0.25, -0.2) is 4.90 Å². The van der Waals surface area contributed by atoms with E-state index >= 15 is 0 Å². The lowest BCUT2D eigenvalue weighted by atomic mass is 10.0. The van der Waals surface area contributed by atoms with Gasteiger partial charge in [0, 0.05) is 0 Å². The highest BCUT2D eigenvalue weighted by atomic mass is 16.6. The number of aliphatic hydroxyl groups is 1. The van der Waals surface area contributed by atoms with Crippen LogP contribution >= 0.6 is 0 Å². The monoisotopic (exact) mass is 233 g/mol. The van der Waals surface area contributed by atoms with Gasteiger partial charge in [-0.1, -0.05) is 0 Å². The average Bonchev–Trinajstić information content (AvgIpc) is 2.12. The Labute approximate surface area is 97.3 Å². The molecule has 0 amide bonds. The topological polar surface area (TPSA) is 59.0 Å². The van der Waals surface area contributed by atoms with E-state index in [1.54, 1.807) is 20.9 Å². The number of aliphatic hydroxyl groups excluding tert-OH is 1. The molecule has 0 saturated heterocycles. The van der Waals surface area contributed by atoms with Gasteiger partial charge in [0.15, 0.2) is 0 Å². The van der Waals surface area contributed by atoms with Gasteiger partial charge in [0.05, 0.1) is 12.7 Å². The molecule has 0 rings (SSSR count). The Bertz CT molecular complexity index is 245. The molecule has 0 aliphatic rings. The summed E-state index contributed by atoms with van der Waals surface area (Å²) in [5.41, 5.74) is -1.43. The molecule has 16 heavy (non-hydrogen) atoms. The Morgan fingerprint density at radius 2 is 1.69 bits per heavy atom. The van der Waals surface area contributed by atoms with Crippen LogP contribution in [-0.2, 0) is 14.3 Å². The minimum absolute atomic E-state index is 0.424. The van der Waals surface area contributed by atoms with Crippen LogP contribution in [0.2, 0.25) is 0 Å². The first-order valence-electron chi connectivity index (χ1n) is 5.19. The Balaban J connectivity index is 4.66. The van der Waals surface area contributed by atoms with Crippen LogP contribution in [0.5, 0.6) is 0 Å². The zero-order chi connectivity index (χ0) is 13.1. The van der Waals surface area contributed by atoms with Gasteiger partial charge < -0.3 is 14.6 Å². The largest absolute Gasteiger partial charge is 0.468 e. The summed E-state index contributed by atoms with van der Waals surface area (Å²) in [6.07, 6.45) is -1.16. The molecule has 1 N–H and O–H groups in total. The van der Waals surface area contributed by atoms with Crippen molar-refractivity contribution in [2.24, 2.45) is 0 Å².